The van der Waals surface area contributed by atoms with Gasteiger partial charge in [-0.05, 0) is 6.42 Å². The van der Waals surface area contributed by atoms with Gasteiger partial charge in [0.1, 0.15) is 15.6 Å². The lowest BCUT2D eigenvalue weighted by atomic mass is 10.2. The molecule has 1 heterocycles. The number of ketones is 1. The van der Waals surface area contributed by atoms with Gasteiger partial charge in [-0.1, -0.05) is 0 Å². The van der Waals surface area contributed by atoms with Crippen molar-refractivity contribution in [2.24, 2.45) is 0 Å². The maximum Gasteiger partial charge on any atom is 0.172 e. The van der Waals surface area contributed by atoms with E-state index in [1.807, 2.05) is 0 Å². The number of methoxy groups -OCH3 is 1. The zero-order valence-electron chi connectivity index (χ0n) is 9.23. The van der Waals surface area contributed by atoms with Crippen molar-refractivity contribution in [3.63, 3.8) is 0 Å². The number of carbonyl (C=O) groups is 1. The van der Waals surface area contributed by atoms with Gasteiger partial charge in [0.2, 0.25) is 0 Å². The molecule has 0 aromatic carbocycles. The van der Waals surface area contributed by atoms with E-state index in [0.717, 1.165) is 0 Å². The van der Waals surface area contributed by atoms with Crippen molar-refractivity contribution in [2.75, 3.05) is 19.1 Å². The van der Waals surface area contributed by atoms with Gasteiger partial charge in [0.15, 0.2) is 5.78 Å². The summed E-state index contributed by atoms with van der Waals surface area (Å²) in [7, 11) is -1.43. The third kappa shape index (κ3) is 4.32. The number of rotatable bonds is 6. The SMILES string of the molecule is COc1csc(C(=O)CCCS(C)(=O)=O)c1. The molecule has 0 fully saturated rings. The van der Waals surface area contributed by atoms with Crippen molar-refractivity contribution in [3.8, 4) is 5.75 Å². The molecular formula is C10H14O4S2. The molecular weight excluding hydrogens is 248 g/mol. The summed E-state index contributed by atoms with van der Waals surface area (Å²) in [5.74, 6) is 0.690. The second kappa shape index (κ2) is 5.45. The van der Waals surface area contributed by atoms with Gasteiger partial charge in [-0.15, -0.1) is 11.3 Å². The number of sulfone groups is 1. The summed E-state index contributed by atoms with van der Waals surface area (Å²) in [6.07, 6.45) is 1.81. The van der Waals surface area contributed by atoms with E-state index in [-0.39, 0.29) is 18.0 Å². The summed E-state index contributed by atoms with van der Waals surface area (Å²) >= 11 is 1.32. The highest BCUT2D eigenvalue weighted by molar-refractivity contribution is 7.90. The molecule has 0 atom stereocenters. The highest BCUT2D eigenvalue weighted by atomic mass is 32.2. The Morgan fingerprint density at radius 2 is 2.19 bits per heavy atom. The van der Waals surface area contributed by atoms with E-state index in [4.69, 9.17) is 4.74 Å². The molecule has 0 spiro atoms. The van der Waals surface area contributed by atoms with E-state index >= 15 is 0 Å². The molecule has 16 heavy (non-hydrogen) atoms. The first-order valence-corrected chi connectivity index (χ1v) is 7.70. The molecule has 0 aliphatic carbocycles. The number of Topliss-reactive ketones (excluding diaryl/α,β-unsaturated/α-hetero) is 1. The average Bonchev–Trinajstić information content (AvgIpc) is 2.63. The molecule has 0 bridgehead atoms. The first kappa shape index (κ1) is 13.2. The van der Waals surface area contributed by atoms with Crippen LogP contribution in [-0.2, 0) is 9.84 Å². The molecule has 0 N–H and O–H groups in total. The topological polar surface area (TPSA) is 60.4 Å². The zero-order valence-corrected chi connectivity index (χ0v) is 10.9. The lowest BCUT2D eigenvalue weighted by molar-refractivity contribution is 0.0985. The predicted octanol–water partition coefficient (Wildman–Crippen LogP) is 1.76. The third-order valence-electron chi connectivity index (χ3n) is 2.00. The number of ether oxygens (including phenoxy) is 1. The smallest absolute Gasteiger partial charge is 0.172 e. The minimum absolute atomic E-state index is 0.0306. The van der Waals surface area contributed by atoms with Crippen LogP contribution in [0.4, 0.5) is 0 Å². The molecule has 1 aromatic heterocycles. The van der Waals surface area contributed by atoms with Crippen molar-refractivity contribution in [1.82, 2.24) is 0 Å². The Hall–Kier alpha value is -0.880. The van der Waals surface area contributed by atoms with Crippen LogP contribution in [0, 0.1) is 0 Å². The van der Waals surface area contributed by atoms with E-state index < -0.39 is 9.84 Å². The van der Waals surface area contributed by atoms with E-state index in [1.54, 1.807) is 18.6 Å². The molecule has 0 aliphatic rings. The lowest BCUT2D eigenvalue weighted by Gasteiger charge is -1.97. The van der Waals surface area contributed by atoms with Gasteiger partial charge < -0.3 is 4.74 Å². The summed E-state index contributed by atoms with van der Waals surface area (Å²) in [6, 6.07) is 1.67. The van der Waals surface area contributed by atoms with Gasteiger partial charge in [0.05, 0.1) is 17.7 Å². The van der Waals surface area contributed by atoms with E-state index in [2.05, 4.69) is 0 Å². The monoisotopic (exact) mass is 262 g/mol. The Labute approximate surface area is 99.2 Å². The molecule has 0 amide bonds. The molecule has 0 saturated heterocycles. The number of carbonyl (C=O) groups excluding carboxylic acids is 1. The Morgan fingerprint density at radius 3 is 2.69 bits per heavy atom. The molecule has 0 aliphatic heterocycles. The molecule has 1 rings (SSSR count). The second-order valence-electron chi connectivity index (χ2n) is 3.51. The van der Waals surface area contributed by atoms with E-state index in [1.165, 1.54) is 17.6 Å². The summed E-state index contributed by atoms with van der Waals surface area (Å²) in [4.78, 5) is 12.2. The minimum Gasteiger partial charge on any atom is -0.496 e. The van der Waals surface area contributed by atoms with Crippen LogP contribution < -0.4 is 4.74 Å². The van der Waals surface area contributed by atoms with Crippen molar-refractivity contribution >= 4 is 27.0 Å². The maximum absolute atomic E-state index is 11.6. The first-order valence-electron chi connectivity index (χ1n) is 4.76. The molecule has 6 heteroatoms. The van der Waals surface area contributed by atoms with E-state index in [0.29, 0.717) is 17.0 Å². The summed E-state index contributed by atoms with van der Waals surface area (Å²) in [5, 5.41) is 1.75. The van der Waals surface area contributed by atoms with Gasteiger partial charge in [-0.3, -0.25) is 4.79 Å². The summed E-state index contributed by atoms with van der Waals surface area (Å²) < 4.78 is 26.7. The molecule has 0 radical (unpaired) electrons. The summed E-state index contributed by atoms with van der Waals surface area (Å²) in [6.45, 7) is 0. The Bertz CT molecular complexity index is 459. The van der Waals surface area contributed by atoms with Crippen LogP contribution in [0.1, 0.15) is 22.5 Å². The number of hydrogen-bond donors (Lipinski definition) is 0. The standard InChI is InChI=1S/C10H14O4S2/c1-14-8-6-10(15-7-8)9(11)4-3-5-16(2,12)13/h6-7H,3-5H2,1-2H3. The van der Waals surface area contributed by atoms with Crippen molar-refractivity contribution in [3.05, 3.63) is 16.3 Å². The normalized spacial score (nSPS) is 11.4. The Morgan fingerprint density at radius 1 is 1.50 bits per heavy atom. The van der Waals surface area contributed by atoms with Crippen LogP contribution in [0.3, 0.4) is 0 Å². The minimum atomic E-state index is -2.97. The van der Waals surface area contributed by atoms with Gasteiger partial charge in [-0.25, -0.2) is 8.42 Å². The molecule has 0 saturated carbocycles. The molecule has 90 valence electrons. The molecule has 1 aromatic rings. The van der Waals surface area contributed by atoms with Crippen LogP contribution in [0.15, 0.2) is 11.4 Å². The summed E-state index contributed by atoms with van der Waals surface area (Å²) in [5.41, 5.74) is 0. The highest BCUT2D eigenvalue weighted by Crippen LogP contribution is 2.22. The van der Waals surface area contributed by atoms with Crippen LogP contribution in [0.25, 0.3) is 0 Å². The predicted molar refractivity (Wildman–Crippen MR) is 64.1 cm³/mol. The van der Waals surface area contributed by atoms with Gasteiger partial charge in [0, 0.05) is 24.1 Å². The van der Waals surface area contributed by atoms with Crippen LogP contribution in [0.5, 0.6) is 5.75 Å². The first-order chi connectivity index (χ1) is 7.42. The third-order valence-corrected chi connectivity index (χ3v) is 3.98. The van der Waals surface area contributed by atoms with E-state index in [9.17, 15) is 13.2 Å². The Kier molecular flexibility index (Phi) is 4.49. The van der Waals surface area contributed by atoms with Crippen LogP contribution >= 0.6 is 11.3 Å². The number of hydrogen-bond acceptors (Lipinski definition) is 5. The fourth-order valence-corrected chi connectivity index (χ4v) is 2.68. The second-order valence-corrected chi connectivity index (χ2v) is 6.68. The van der Waals surface area contributed by atoms with Crippen LogP contribution in [0.2, 0.25) is 0 Å². The van der Waals surface area contributed by atoms with Gasteiger partial charge >= 0.3 is 0 Å². The van der Waals surface area contributed by atoms with Gasteiger partial charge in [-0.2, -0.15) is 0 Å². The van der Waals surface area contributed by atoms with Crippen molar-refractivity contribution in [1.29, 1.82) is 0 Å². The average molecular weight is 262 g/mol. The largest absolute Gasteiger partial charge is 0.496 e. The van der Waals surface area contributed by atoms with Crippen molar-refractivity contribution < 1.29 is 17.9 Å². The van der Waals surface area contributed by atoms with Crippen molar-refractivity contribution in [2.45, 2.75) is 12.8 Å². The zero-order chi connectivity index (χ0) is 12.2. The maximum atomic E-state index is 11.6. The lowest BCUT2D eigenvalue weighted by Crippen LogP contribution is -2.05. The highest BCUT2D eigenvalue weighted by Gasteiger charge is 2.11. The van der Waals surface area contributed by atoms with Crippen LogP contribution in [-0.4, -0.2) is 33.3 Å². The quantitative estimate of drug-likeness (QED) is 0.733. The Balaban J connectivity index is 2.47. The fraction of sp³-hybridized carbons (Fsp3) is 0.500. The number of thiophene rings is 1. The molecule has 0 unspecified atom stereocenters. The fourth-order valence-electron chi connectivity index (χ4n) is 1.19. The van der Waals surface area contributed by atoms with Gasteiger partial charge in [0.25, 0.3) is 0 Å². The molecule has 4 nitrogen and oxygen atoms in total.